The van der Waals surface area contributed by atoms with E-state index in [-0.39, 0.29) is 42.7 Å². The van der Waals surface area contributed by atoms with Crippen molar-refractivity contribution in [1.29, 1.82) is 0 Å². The molecule has 0 bridgehead atoms. The second-order valence-corrected chi connectivity index (χ2v) is 5.96. The number of carbonyl (C=O) groups is 1. The van der Waals surface area contributed by atoms with Crippen molar-refractivity contribution in [1.82, 2.24) is 10.2 Å². The number of nitrogens with two attached hydrogens (primary N) is 1. The molecule has 0 saturated heterocycles. The van der Waals surface area contributed by atoms with E-state index in [1.54, 1.807) is 0 Å². The Bertz CT molecular complexity index is 439. The third-order valence-electron chi connectivity index (χ3n) is 4.36. The van der Waals surface area contributed by atoms with Crippen LogP contribution < -0.4 is 11.1 Å². The van der Waals surface area contributed by atoms with Gasteiger partial charge in [-0.3, -0.25) is 9.69 Å². The highest BCUT2D eigenvalue weighted by Crippen LogP contribution is 2.09. The van der Waals surface area contributed by atoms with E-state index in [9.17, 15) is 4.79 Å². The summed E-state index contributed by atoms with van der Waals surface area (Å²) in [5, 5.41) is 3.07. The van der Waals surface area contributed by atoms with Crippen LogP contribution in [0.2, 0.25) is 0 Å². The summed E-state index contributed by atoms with van der Waals surface area (Å²) in [4.78, 5) is 14.5. The lowest BCUT2D eigenvalue weighted by atomic mass is 10.0. The van der Waals surface area contributed by atoms with Gasteiger partial charge in [-0.1, -0.05) is 51.1 Å². The molecule has 0 fully saturated rings. The number of carbonyl (C=O) groups excluding carboxylic acids is 1. The van der Waals surface area contributed by atoms with E-state index in [0.717, 1.165) is 19.5 Å². The Kier molecular flexibility index (Phi) is 14.3. The molecule has 0 aliphatic heterocycles. The minimum Gasteiger partial charge on any atom is -0.354 e. The van der Waals surface area contributed by atoms with Crippen LogP contribution >= 0.6 is 24.8 Å². The van der Waals surface area contributed by atoms with Gasteiger partial charge < -0.3 is 11.1 Å². The van der Waals surface area contributed by atoms with E-state index in [1.165, 1.54) is 5.56 Å². The first-order valence-corrected chi connectivity index (χ1v) is 8.30. The number of nitrogens with zero attached hydrogens (tertiary/aromatic N) is 1. The van der Waals surface area contributed by atoms with E-state index in [0.29, 0.717) is 12.6 Å². The van der Waals surface area contributed by atoms with Crippen molar-refractivity contribution in [2.24, 2.45) is 11.7 Å². The summed E-state index contributed by atoms with van der Waals surface area (Å²) in [6, 6.07) is 10.6. The van der Waals surface area contributed by atoms with Gasteiger partial charge in [-0.15, -0.1) is 24.8 Å². The number of rotatable bonds is 9. The largest absolute Gasteiger partial charge is 0.354 e. The summed E-state index contributed by atoms with van der Waals surface area (Å²) >= 11 is 0. The SMILES string of the molecule is CCN(CC)C(CNC(=O)C(C)C(C)N)Cc1ccccc1.Cl.Cl. The Morgan fingerprint density at radius 1 is 1.12 bits per heavy atom. The van der Waals surface area contributed by atoms with Crippen LogP contribution in [0.1, 0.15) is 33.3 Å². The third-order valence-corrected chi connectivity index (χ3v) is 4.36. The van der Waals surface area contributed by atoms with Crippen LogP contribution in [0.25, 0.3) is 0 Å². The van der Waals surface area contributed by atoms with Gasteiger partial charge in [-0.05, 0) is 32.0 Å². The first-order chi connectivity index (χ1) is 10.5. The zero-order valence-electron chi connectivity index (χ0n) is 15.2. The molecule has 0 aliphatic carbocycles. The second-order valence-electron chi connectivity index (χ2n) is 5.96. The molecule has 0 heterocycles. The maximum Gasteiger partial charge on any atom is 0.224 e. The Morgan fingerprint density at radius 3 is 2.12 bits per heavy atom. The maximum absolute atomic E-state index is 12.1. The summed E-state index contributed by atoms with van der Waals surface area (Å²) < 4.78 is 0. The van der Waals surface area contributed by atoms with Crippen molar-refractivity contribution >= 4 is 30.7 Å². The van der Waals surface area contributed by atoms with Gasteiger partial charge in [0.1, 0.15) is 0 Å². The Hall–Kier alpha value is -0.810. The molecule has 3 atom stereocenters. The minimum absolute atomic E-state index is 0. The second kappa shape index (κ2) is 13.5. The topological polar surface area (TPSA) is 58.4 Å². The first kappa shape index (κ1) is 25.4. The highest BCUT2D eigenvalue weighted by atomic mass is 35.5. The van der Waals surface area contributed by atoms with Gasteiger partial charge in [0, 0.05) is 24.5 Å². The van der Waals surface area contributed by atoms with Crippen molar-refractivity contribution < 1.29 is 4.79 Å². The number of hydrogen-bond donors (Lipinski definition) is 2. The van der Waals surface area contributed by atoms with Gasteiger partial charge >= 0.3 is 0 Å². The highest BCUT2D eigenvalue weighted by molar-refractivity contribution is 5.85. The fourth-order valence-electron chi connectivity index (χ4n) is 2.57. The lowest BCUT2D eigenvalue weighted by molar-refractivity contribution is -0.125. The zero-order chi connectivity index (χ0) is 16.5. The first-order valence-electron chi connectivity index (χ1n) is 8.30. The Morgan fingerprint density at radius 2 is 1.67 bits per heavy atom. The molecule has 0 aromatic heterocycles. The molecule has 0 spiro atoms. The summed E-state index contributed by atoms with van der Waals surface area (Å²) in [6.07, 6.45) is 0.940. The maximum atomic E-state index is 12.1. The molecule has 1 aromatic rings. The molecular formula is C18H33Cl2N3O. The standard InChI is InChI=1S/C18H31N3O.2ClH/c1-5-21(6-2)17(12-16-10-8-7-9-11-16)13-20-18(22)14(3)15(4)19;;/h7-11,14-15,17H,5-6,12-13,19H2,1-4H3,(H,20,22);2*1H. The fourth-order valence-corrected chi connectivity index (χ4v) is 2.57. The van der Waals surface area contributed by atoms with E-state index >= 15 is 0 Å². The zero-order valence-corrected chi connectivity index (χ0v) is 16.8. The number of benzene rings is 1. The van der Waals surface area contributed by atoms with Crippen LogP contribution in [0.5, 0.6) is 0 Å². The quantitative estimate of drug-likeness (QED) is 0.695. The van der Waals surface area contributed by atoms with Gasteiger partial charge in [-0.25, -0.2) is 0 Å². The Labute approximate surface area is 159 Å². The van der Waals surface area contributed by atoms with E-state index in [2.05, 4.69) is 48.3 Å². The summed E-state index contributed by atoms with van der Waals surface area (Å²) in [6.45, 7) is 10.7. The average Bonchev–Trinajstić information content (AvgIpc) is 2.53. The monoisotopic (exact) mass is 377 g/mol. The molecule has 3 unspecified atom stereocenters. The predicted molar refractivity (Wildman–Crippen MR) is 107 cm³/mol. The van der Waals surface area contributed by atoms with Crippen LogP contribution in [-0.4, -0.2) is 42.5 Å². The van der Waals surface area contributed by atoms with Crippen molar-refractivity contribution in [3.8, 4) is 0 Å². The van der Waals surface area contributed by atoms with Gasteiger partial charge in [0.15, 0.2) is 0 Å². The molecule has 4 nitrogen and oxygen atoms in total. The minimum atomic E-state index is -0.158. The van der Waals surface area contributed by atoms with Crippen molar-refractivity contribution in [3.63, 3.8) is 0 Å². The van der Waals surface area contributed by atoms with Crippen LogP contribution in [-0.2, 0) is 11.2 Å². The lowest BCUT2D eigenvalue weighted by Crippen LogP contribution is -2.47. The molecular weight excluding hydrogens is 345 g/mol. The van der Waals surface area contributed by atoms with Crippen LogP contribution in [0.3, 0.4) is 0 Å². The number of hydrogen-bond acceptors (Lipinski definition) is 3. The number of amides is 1. The Balaban J connectivity index is 0. The molecule has 0 aliphatic rings. The summed E-state index contributed by atoms with van der Waals surface area (Å²) in [7, 11) is 0. The van der Waals surface area contributed by atoms with E-state index in [4.69, 9.17) is 5.73 Å². The molecule has 1 rings (SSSR count). The molecule has 24 heavy (non-hydrogen) atoms. The highest BCUT2D eigenvalue weighted by Gasteiger charge is 2.21. The third kappa shape index (κ3) is 8.34. The van der Waals surface area contributed by atoms with Gasteiger partial charge in [0.25, 0.3) is 0 Å². The van der Waals surface area contributed by atoms with Gasteiger partial charge in [0.2, 0.25) is 5.91 Å². The average molecular weight is 378 g/mol. The number of nitrogens with one attached hydrogen (secondary N) is 1. The smallest absolute Gasteiger partial charge is 0.224 e. The number of likely N-dealkylation sites (N-methyl/N-ethyl adjacent to an activating group) is 1. The molecule has 140 valence electrons. The van der Waals surface area contributed by atoms with Crippen LogP contribution in [0.15, 0.2) is 30.3 Å². The predicted octanol–water partition coefficient (Wildman–Crippen LogP) is 2.88. The molecule has 0 radical (unpaired) electrons. The molecule has 0 saturated carbocycles. The van der Waals surface area contributed by atoms with E-state index < -0.39 is 0 Å². The summed E-state index contributed by atoms with van der Waals surface area (Å²) in [5.41, 5.74) is 7.11. The summed E-state index contributed by atoms with van der Waals surface area (Å²) in [5.74, 6) is -0.116. The molecule has 1 aromatic carbocycles. The molecule has 6 heteroatoms. The van der Waals surface area contributed by atoms with Crippen molar-refractivity contribution in [2.45, 2.75) is 46.2 Å². The molecule has 1 amide bonds. The fraction of sp³-hybridized carbons (Fsp3) is 0.611. The molecule has 3 N–H and O–H groups in total. The lowest BCUT2D eigenvalue weighted by Gasteiger charge is -2.30. The normalized spacial score (nSPS) is 14.1. The number of halogens is 2. The van der Waals surface area contributed by atoms with Crippen molar-refractivity contribution in [2.75, 3.05) is 19.6 Å². The van der Waals surface area contributed by atoms with E-state index in [1.807, 2.05) is 19.9 Å². The van der Waals surface area contributed by atoms with Crippen LogP contribution in [0.4, 0.5) is 0 Å². The van der Waals surface area contributed by atoms with Crippen molar-refractivity contribution in [3.05, 3.63) is 35.9 Å². The van der Waals surface area contributed by atoms with Gasteiger partial charge in [-0.2, -0.15) is 0 Å². The van der Waals surface area contributed by atoms with Crippen LogP contribution in [0, 0.1) is 5.92 Å². The van der Waals surface area contributed by atoms with Gasteiger partial charge in [0.05, 0.1) is 0 Å².